The van der Waals surface area contributed by atoms with E-state index in [1.807, 2.05) is 0 Å². The summed E-state index contributed by atoms with van der Waals surface area (Å²) in [6.07, 6.45) is 0. The van der Waals surface area contributed by atoms with Crippen molar-refractivity contribution in [1.29, 1.82) is 0 Å². The standard InChI is InChI=1S/C11H11N3O3S/c1-6-3-9(15)14(7(2)12-6)4-8-5-18-10(13-8)11(16)17/h3,5H,4H2,1-2H3,(H,16,17). The fourth-order valence-corrected chi connectivity index (χ4v) is 2.24. The largest absolute Gasteiger partial charge is 0.476 e. The van der Waals surface area contributed by atoms with Gasteiger partial charge in [-0.2, -0.15) is 0 Å². The summed E-state index contributed by atoms with van der Waals surface area (Å²) < 4.78 is 1.47. The van der Waals surface area contributed by atoms with E-state index < -0.39 is 5.97 Å². The summed E-state index contributed by atoms with van der Waals surface area (Å²) in [5.74, 6) is -0.470. The number of nitrogens with zero attached hydrogens (tertiary/aromatic N) is 3. The Morgan fingerprint density at radius 2 is 2.17 bits per heavy atom. The Morgan fingerprint density at radius 3 is 2.72 bits per heavy atom. The van der Waals surface area contributed by atoms with Crippen LogP contribution in [0.4, 0.5) is 0 Å². The number of aromatic carboxylic acids is 1. The first-order valence-electron chi connectivity index (χ1n) is 5.20. The molecular weight excluding hydrogens is 254 g/mol. The SMILES string of the molecule is Cc1cc(=O)n(Cc2csc(C(=O)O)n2)c(C)n1. The highest BCUT2D eigenvalue weighted by Crippen LogP contribution is 2.10. The Morgan fingerprint density at radius 1 is 1.44 bits per heavy atom. The van der Waals surface area contributed by atoms with Crippen LogP contribution < -0.4 is 5.56 Å². The highest BCUT2D eigenvalue weighted by molar-refractivity contribution is 7.11. The number of carboxylic acids is 1. The molecule has 0 radical (unpaired) electrons. The van der Waals surface area contributed by atoms with Crippen LogP contribution in [0.3, 0.4) is 0 Å². The van der Waals surface area contributed by atoms with Crippen molar-refractivity contribution in [3.05, 3.63) is 44.0 Å². The molecule has 0 aromatic carbocycles. The number of hydrogen-bond acceptors (Lipinski definition) is 5. The van der Waals surface area contributed by atoms with Gasteiger partial charge in [-0.3, -0.25) is 9.36 Å². The first-order chi connectivity index (χ1) is 8.47. The second-order valence-corrected chi connectivity index (χ2v) is 4.68. The first-order valence-corrected chi connectivity index (χ1v) is 6.08. The summed E-state index contributed by atoms with van der Waals surface area (Å²) >= 11 is 1.05. The van der Waals surface area contributed by atoms with Crippen LogP contribution in [-0.4, -0.2) is 25.6 Å². The summed E-state index contributed by atoms with van der Waals surface area (Å²) in [7, 11) is 0. The Hall–Kier alpha value is -2.02. The third-order valence-corrected chi connectivity index (χ3v) is 3.26. The van der Waals surface area contributed by atoms with Gasteiger partial charge in [-0.15, -0.1) is 11.3 Å². The summed E-state index contributed by atoms with van der Waals surface area (Å²) in [6, 6.07) is 1.44. The fourth-order valence-electron chi connectivity index (χ4n) is 1.60. The van der Waals surface area contributed by atoms with Crippen LogP contribution in [0.25, 0.3) is 0 Å². The minimum atomic E-state index is -1.06. The lowest BCUT2D eigenvalue weighted by molar-refractivity contribution is 0.0696. The third kappa shape index (κ3) is 2.45. The molecule has 18 heavy (non-hydrogen) atoms. The van der Waals surface area contributed by atoms with Crippen molar-refractivity contribution in [2.45, 2.75) is 20.4 Å². The van der Waals surface area contributed by atoms with Crippen molar-refractivity contribution in [2.24, 2.45) is 0 Å². The van der Waals surface area contributed by atoms with Crippen LogP contribution in [-0.2, 0) is 6.54 Å². The molecule has 0 amide bonds. The molecule has 6 nitrogen and oxygen atoms in total. The molecule has 7 heteroatoms. The summed E-state index contributed by atoms with van der Waals surface area (Å²) in [5.41, 5.74) is 1.05. The smallest absolute Gasteiger partial charge is 0.365 e. The average molecular weight is 265 g/mol. The molecule has 0 saturated heterocycles. The minimum Gasteiger partial charge on any atom is -0.476 e. The lowest BCUT2D eigenvalue weighted by Crippen LogP contribution is -2.24. The van der Waals surface area contributed by atoms with Crippen LogP contribution in [0, 0.1) is 13.8 Å². The van der Waals surface area contributed by atoms with Gasteiger partial charge >= 0.3 is 5.97 Å². The van der Waals surface area contributed by atoms with Gasteiger partial charge in [0.25, 0.3) is 5.56 Å². The van der Waals surface area contributed by atoms with Gasteiger partial charge in [0.1, 0.15) is 5.82 Å². The molecule has 2 heterocycles. The molecule has 2 rings (SSSR count). The van der Waals surface area contributed by atoms with Crippen LogP contribution in [0.15, 0.2) is 16.2 Å². The maximum atomic E-state index is 11.8. The van der Waals surface area contributed by atoms with E-state index in [1.165, 1.54) is 10.6 Å². The first kappa shape index (κ1) is 12.4. The molecule has 0 aliphatic carbocycles. The molecule has 0 aliphatic heterocycles. The maximum Gasteiger partial charge on any atom is 0.365 e. The topological polar surface area (TPSA) is 85.1 Å². The molecule has 2 aromatic rings. The van der Waals surface area contributed by atoms with E-state index >= 15 is 0 Å². The predicted octanol–water partition coefficient (Wildman–Crippen LogP) is 1.06. The van der Waals surface area contributed by atoms with E-state index in [2.05, 4.69) is 9.97 Å². The quantitative estimate of drug-likeness (QED) is 0.897. The van der Waals surface area contributed by atoms with Crippen molar-refractivity contribution < 1.29 is 9.90 Å². The second kappa shape index (κ2) is 4.69. The molecule has 0 spiro atoms. The number of carbonyl (C=O) groups is 1. The van der Waals surface area contributed by atoms with Gasteiger partial charge in [0.15, 0.2) is 0 Å². The highest BCUT2D eigenvalue weighted by atomic mass is 32.1. The van der Waals surface area contributed by atoms with Crippen LogP contribution in [0.5, 0.6) is 0 Å². The van der Waals surface area contributed by atoms with E-state index in [0.29, 0.717) is 17.2 Å². The van der Waals surface area contributed by atoms with Crippen molar-refractivity contribution >= 4 is 17.3 Å². The average Bonchev–Trinajstić information content (AvgIpc) is 2.71. The number of aromatic nitrogens is 3. The van der Waals surface area contributed by atoms with Crippen molar-refractivity contribution in [2.75, 3.05) is 0 Å². The zero-order valence-electron chi connectivity index (χ0n) is 9.88. The zero-order valence-corrected chi connectivity index (χ0v) is 10.7. The van der Waals surface area contributed by atoms with Gasteiger partial charge in [0.2, 0.25) is 5.01 Å². The molecule has 0 saturated carbocycles. The molecule has 0 atom stereocenters. The number of hydrogen-bond donors (Lipinski definition) is 1. The third-order valence-electron chi connectivity index (χ3n) is 2.38. The van der Waals surface area contributed by atoms with Crippen molar-refractivity contribution in [3.8, 4) is 0 Å². The highest BCUT2D eigenvalue weighted by Gasteiger charge is 2.11. The summed E-state index contributed by atoms with van der Waals surface area (Å²) in [5, 5.41) is 10.4. The number of carboxylic acid groups (broad SMARTS) is 1. The molecule has 1 N–H and O–H groups in total. The van der Waals surface area contributed by atoms with E-state index in [0.717, 1.165) is 11.3 Å². The molecular formula is C11H11N3O3S. The van der Waals surface area contributed by atoms with Gasteiger partial charge in [-0.1, -0.05) is 0 Å². The molecule has 2 aromatic heterocycles. The Labute approximate surface area is 107 Å². The van der Waals surface area contributed by atoms with Gasteiger partial charge < -0.3 is 5.11 Å². The van der Waals surface area contributed by atoms with E-state index in [-0.39, 0.29) is 17.1 Å². The van der Waals surface area contributed by atoms with E-state index in [4.69, 9.17) is 5.11 Å². The van der Waals surface area contributed by atoms with Gasteiger partial charge in [0.05, 0.1) is 12.2 Å². The Kier molecular flexibility index (Phi) is 3.24. The van der Waals surface area contributed by atoms with E-state index in [9.17, 15) is 9.59 Å². The lowest BCUT2D eigenvalue weighted by atomic mass is 10.4. The van der Waals surface area contributed by atoms with Gasteiger partial charge in [-0.05, 0) is 13.8 Å². The maximum absolute atomic E-state index is 11.8. The van der Waals surface area contributed by atoms with Crippen molar-refractivity contribution in [1.82, 2.24) is 14.5 Å². The predicted molar refractivity (Wildman–Crippen MR) is 66.1 cm³/mol. The monoisotopic (exact) mass is 265 g/mol. The number of rotatable bonds is 3. The molecule has 94 valence electrons. The molecule has 0 aliphatic rings. The number of thiazole rings is 1. The normalized spacial score (nSPS) is 10.6. The van der Waals surface area contributed by atoms with Crippen LogP contribution in [0.1, 0.15) is 27.0 Å². The molecule has 0 bridgehead atoms. The van der Waals surface area contributed by atoms with Crippen molar-refractivity contribution in [3.63, 3.8) is 0 Å². The minimum absolute atomic E-state index is 0.0239. The molecule has 0 unspecified atom stereocenters. The summed E-state index contributed by atoms with van der Waals surface area (Å²) in [6.45, 7) is 3.73. The lowest BCUT2D eigenvalue weighted by Gasteiger charge is -2.07. The molecule has 0 fully saturated rings. The number of aryl methyl sites for hydroxylation is 2. The zero-order chi connectivity index (χ0) is 13.3. The van der Waals surface area contributed by atoms with Crippen LogP contribution >= 0.6 is 11.3 Å². The Bertz CT molecular complexity index is 660. The fraction of sp³-hybridized carbons (Fsp3) is 0.273. The summed E-state index contributed by atoms with van der Waals surface area (Å²) in [4.78, 5) is 30.6. The Balaban J connectivity index is 2.34. The van der Waals surface area contributed by atoms with E-state index in [1.54, 1.807) is 19.2 Å². The van der Waals surface area contributed by atoms with Crippen LogP contribution in [0.2, 0.25) is 0 Å². The second-order valence-electron chi connectivity index (χ2n) is 3.82. The van der Waals surface area contributed by atoms with Gasteiger partial charge in [0, 0.05) is 17.1 Å². The van der Waals surface area contributed by atoms with Gasteiger partial charge in [-0.25, -0.2) is 14.8 Å².